The number of aliphatic hydroxyl groups excluding tert-OH is 1. The van der Waals surface area contributed by atoms with E-state index in [1.54, 1.807) is 6.92 Å². The third-order valence-electron chi connectivity index (χ3n) is 7.75. The summed E-state index contributed by atoms with van der Waals surface area (Å²) in [6, 6.07) is 7.59. The van der Waals surface area contributed by atoms with Crippen LogP contribution in [0.5, 0.6) is 0 Å². The number of allylic oxidation sites excluding steroid dienone is 2. The molecule has 0 bridgehead atoms. The molecule has 7 nitrogen and oxygen atoms in total. The summed E-state index contributed by atoms with van der Waals surface area (Å²) < 4.78 is 5.23. The van der Waals surface area contributed by atoms with Crippen molar-refractivity contribution in [2.45, 2.75) is 57.5 Å². The predicted molar refractivity (Wildman–Crippen MR) is 143 cm³/mol. The monoisotopic (exact) mass is 526 g/mol. The van der Waals surface area contributed by atoms with Gasteiger partial charge < -0.3 is 25.2 Å². The summed E-state index contributed by atoms with van der Waals surface area (Å²) in [5.41, 5.74) is 4.21. The molecule has 0 spiro atoms. The lowest BCUT2D eigenvalue weighted by Gasteiger charge is -2.36. The molecule has 0 unspecified atom stereocenters. The third kappa shape index (κ3) is 4.25. The van der Waals surface area contributed by atoms with Gasteiger partial charge in [-0.3, -0.25) is 4.79 Å². The Morgan fingerprint density at radius 2 is 2.08 bits per heavy atom. The number of benzene rings is 1. The standard InChI is InChI=1S/C27H34N2O5SSi/c1-4-27(33)21-13-22-24(25(31)20(21)15-34-26(27)32)29-14-19-17(6-5-7-18(19)12-23(29)28-22)8-11-36(2,3)16-35-10-9-30/h5-7,12,28,30,33H,4,8-11,13-16H2,1-3H3/t27-/m0/s1. The van der Waals surface area contributed by atoms with Crippen LogP contribution in [0.4, 0.5) is 0 Å². The first-order valence-electron chi connectivity index (χ1n) is 12.6. The largest absolute Gasteiger partial charge is 0.458 e. The zero-order valence-electron chi connectivity index (χ0n) is 21.1. The molecule has 1 aromatic carbocycles. The highest BCUT2D eigenvalue weighted by molar-refractivity contribution is 8.00. The number of hydrogen-bond acceptors (Lipinski definition) is 8. The molecular weight excluding hydrogens is 492 g/mol. The fourth-order valence-corrected chi connectivity index (χ4v) is 10.0. The molecule has 0 aromatic heterocycles. The number of nitrogens with one attached hydrogen (secondary N) is 1. The first kappa shape index (κ1) is 25.3. The van der Waals surface area contributed by atoms with Crippen molar-refractivity contribution in [3.05, 3.63) is 63.3 Å². The van der Waals surface area contributed by atoms with E-state index >= 15 is 0 Å². The van der Waals surface area contributed by atoms with Crippen molar-refractivity contribution in [2.75, 3.05) is 24.3 Å². The first-order chi connectivity index (χ1) is 17.2. The van der Waals surface area contributed by atoms with Gasteiger partial charge in [-0.25, -0.2) is 4.79 Å². The van der Waals surface area contributed by atoms with E-state index < -0.39 is 19.6 Å². The molecule has 1 atom stereocenters. The van der Waals surface area contributed by atoms with E-state index in [1.165, 1.54) is 17.2 Å². The van der Waals surface area contributed by atoms with Crippen LogP contribution in [-0.4, -0.2) is 64.9 Å². The second-order valence-corrected chi connectivity index (χ2v) is 17.5. The van der Waals surface area contributed by atoms with Crippen LogP contribution in [-0.2, 0) is 27.3 Å². The van der Waals surface area contributed by atoms with Crippen LogP contribution in [0.2, 0.25) is 19.1 Å². The van der Waals surface area contributed by atoms with Crippen LogP contribution < -0.4 is 5.32 Å². The lowest BCUT2D eigenvalue weighted by molar-refractivity contribution is -0.163. The van der Waals surface area contributed by atoms with Crippen molar-refractivity contribution in [1.82, 2.24) is 10.2 Å². The number of cyclic esters (lactones) is 1. The Balaban J connectivity index is 1.39. The molecule has 0 amide bonds. The SMILES string of the molecule is CC[C@@]1(O)C(=O)OCC2=C1CC1=C(C2=O)N2Cc3c(cccc3CC[Si](C)(C)CSCCO)C=C2N1. The summed E-state index contributed by atoms with van der Waals surface area (Å²) in [4.78, 5) is 28.1. The number of fused-ring (bicyclic) bond motifs is 3. The van der Waals surface area contributed by atoms with Gasteiger partial charge in [0.2, 0.25) is 5.78 Å². The lowest BCUT2D eigenvalue weighted by Crippen LogP contribution is -2.48. The minimum atomic E-state index is -1.75. The van der Waals surface area contributed by atoms with E-state index in [0.717, 1.165) is 34.6 Å². The smallest absolute Gasteiger partial charge is 0.342 e. The average molecular weight is 527 g/mol. The minimum absolute atomic E-state index is 0.0885. The number of carbonyl (C=O) groups excluding carboxylic acids is 2. The van der Waals surface area contributed by atoms with E-state index in [1.807, 2.05) is 16.7 Å². The van der Waals surface area contributed by atoms with Crippen LogP contribution in [0.15, 0.2) is 46.6 Å². The first-order valence-corrected chi connectivity index (χ1v) is 17.2. The van der Waals surface area contributed by atoms with Gasteiger partial charge in [0.1, 0.15) is 18.1 Å². The van der Waals surface area contributed by atoms with Crippen molar-refractivity contribution in [3.63, 3.8) is 0 Å². The molecule has 5 rings (SSSR count). The average Bonchev–Trinajstić information content (AvgIpc) is 3.21. The molecular formula is C27H34N2O5SSi. The van der Waals surface area contributed by atoms with Crippen LogP contribution in [0, 0.1) is 0 Å². The van der Waals surface area contributed by atoms with E-state index in [-0.39, 0.29) is 25.4 Å². The maximum absolute atomic E-state index is 13.6. The fraction of sp³-hybridized carbons (Fsp3) is 0.481. The van der Waals surface area contributed by atoms with E-state index in [4.69, 9.17) is 9.84 Å². The van der Waals surface area contributed by atoms with Gasteiger partial charge in [-0.15, -0.1) is 0 Å². The van der Waals surface area contributed by atoms with Gasteiger partial charge >= 0.3 is 5.97 Å². The minimum Gasteiger partial charge on any atom is -0.458 e. The quantitative estimate of drug-likeness (QED) is 0.270. The normalized spacial score (nSPS) is 23.0. The van der Waals surface area contributed by atoms with Crippen molar-refractivity contribution < 1.29 is 24.5 Å². The summed E-state index contributed by atoms with van der Waals surface area (Å²) in [6.45, 7) is 7.30. The Labute approximate surface area is 217 Å². The summed E-state index contributed by atoms with van der Waals surface area (Å²) in [5, 5.41) is 24.7. The van der Waals surface area contributed by atoms with Gasteiger partial charge in [-0.05, 0) is 46.6 Å². The Kier molecular flexibility index (Phi) is 6.69. The van der Waals surface area contributed by atoms with E-state index in [9.17, 15) is 14.7 Å². The fourth-order valence-electron chi connectivity index (χ4n) is 5.56. The maximum Gasteiger partial charge on any atom is 0.342 e. The number of rotatable bonds is 8. The summed E-state index contributed by atoms with van der Waals surface area (Å²) in [5.74, 6) is 0.816. The number of thioether (sulfide) groups is 1. The topological polar surface area (TPSA) is 99.1 Å². The number of esters is 1. The summed E-state index contributed by atoms with van der Waals surface area (Å²) >= 11 is 1.85. The van der Waals surface area contributed by atoms with Crippen molar-refractivity contribution in [3.8, 4) is 0 Å². The van der Waals surface area contributed by atoms with Crippen LogP contribution >= 0.6 is 11.8 Å². The molecule has 0 radical (unpaired) electrons. The number of aryl methyl sites for hydroxylation is 1. The molecule has 1 aliphatic carbocycles. The highest BCUT2D eigenvalue weighted by atomic mass is 32.2. The van der Waals surface area contributed by atoms with Crippen LogP contribution in [0.25, 0.3) is 6.08 Å². The molecule has 0 saturated heterocycles. The van der Waals surface area contributed by atoms with Gasteiger partial charge in [0, 0.05) is 23.4 Å². The van der Waals surface area contributed by atoms with Gasteiger partial charge in [0.15, 0.2) is 5.60 Å². The maximum atomic E-state index is 13.6. The molecule has 4 aliphatic rings. The zero-order chi connectivity index (χ0) is 25.7. The van der Waals surface area contributed by atoms with Crippen LogP contribution in [0.3, 0.4) is 0 Å². The Bertz CT molecular complexity index is 1220. The second kappa shape index (κ2) is 9.52. The molecule has 3 N–H and O–H groups in total. The number of ketones is 1. The van der Waals surface area contributed by atoms with Crippen molar-refractivity contribution >= 4 is 37.7 Å². The van der Waals surface area contributed by atoms with Crippen LogP contribution in [0.1, 0.15) is 36.5 Å². The molecule has 192 valence electrons. The number of Topliss-reactive ketones (excluding diaryl/α,β-unsaturated/α-hetero) is 1. The highest BCUT2D eigenvalue weighted by Gasteiger charge is 2.51. The van der Waals surface area contributed by atoms with Gasteiger partial charge in [-0.1, -0.05) is 44.3 Å². The van der Waals surface area contributed by atoms with E-state index in [2.05, 4.69) is 42.7 Å². The third-order valence-corrected chi connectivity index (χ3v) is 13.8. The Morgan fingerprint density at radius 1 is 1.28 bits per heavy atom. The molecule has 3 aliphatic heterocycles. The number of aliphatic hydroxyl groups is 2. The summed E-state index contributed by atoms with van der Waals surface area (Å²) in [6.07, 6.45) is 3.60. The molecule has 0 fully saturated rings. The zero-order valence-corrected chi connectivity index (χ0v) is 23.0. The second-order valence-electron chi connectivity index (χ2n) is 10.7. The Hall–Kier alpha value is -2.33. The lowest BCUT2D eigenvalue weighted by atomic mass is 9.78. The molecule has 9 heteroatoms. The molecule has 3 heterocycles. The van der Waals surface area contributed by atoms with Crippen molar-refractivity contribution in [2.24, 2.45) is 0 Å². The van der Waals surface area contributed by atoms with Gasteiger partial charge in [0.05, 0.1) is 21.2 Å². The molecule has 0 saturated carbocycles. The number of ether oxygens (including phenoxy) is 1. The van der Waals surface area contributed by atoms with Gasteiger partial charge in [-0.2, -0.15) is 11.8 Å². The highest BCUT2D eigenvalue weighted by Crippen LogP contribution is 2.44. The van der Waals surface area contributed by atoms with E-state index in [0.29, 0.717) is 29.8 Å². The predicted octanol–water partition coefficient (Wildman–Crippen LogP) is 3.10. The van der Waals surface area contributed by atoms with Crippen molar-refractivity contribution in [1.29, 1.82) is 0 Å². The molecule has 1 aromatic rings. The van der Waals surface area contributed by atoms with Gasteiger partial charge in [0.25, 0.3) is 0 Å². The molecule has 36 heavy (non-hydrogen) atoms. The Morgan fingerprint density at radius 3 is 2.83 bits per heavy atom. The number of nitrogens with zero attached hydrogens (tertiary/aromatic N) is 1. The number of hydrogen-bond donors (Lipinski definition) is 3. The number of carbonyl (C=O) groups is 2. The summed E-state index contributed by atoms with van der Waals surface area (Å²) in [7, 11) is -1.40.